The molecule has 0 saturated carbocycles. The predicted octanol–water partition coefficient (Wildman–Crippen LogP) is 0.294. The van der Waals surface area contributed by atoms with Crippen molar-refractivity contribution in [2.45, 2.75) is 12.2 Å². The Kier molecular flexibility index (Phi) is 4.74. The van der Waals surface area contributed by atoms with Crippen molar-refractivity contribution in [2.24, 2.45) is 4.99 Å². The fourth-order valence-electron chi connectivity index (χ4n) is 1.78. The lowest BCUT2D eigenvalue weighted by molar-refractivity contribution is -0.118. The molecule has 0 aromatic heterocycles. The Hall–Kier alpha value is -2.75. The number of imide groups is 1. The maximum absolute atomic E-state index is 12.2. The Labute approximate surface area is 131 Å². The second-order valence-corrected chi connectivity index (χ2v) is 6.24. The summed E-state index contributed by atoms with van der Waals surface area (Å²) < 4.78 is 31.4. The average Bonchev–Trinajstić information content (AvgIpc) is 2.46. The van der Waals surface area contributed by atoms with E-state index in [1.165, 1.54) is 24.3 Å². The minimum Gasteiger partial charge on any atom is -0.462 e. The van der Waals surface area contributed by atoms with Crippen molar-refractivity contribution in [3.63, 3.8) is 0 Å². The van der Waals surface area contributed by atoms with Gasteiger partial charge in [0, 0.05) is 11.9 Å². The Balaban J connectivity index is 2.23. The van der Waals surface area contributed by atoms with E-state index in [9.17, 15) is 22.8 Å². The van der Waals surface area contributed by atoms with Gasteiger partial charge in [-0.05, 0) is 25.1 Å². The zero-order valence-electron chi connectivity index (χ0n) is 12.0. The largest absolute Gasteiger partial charge is 0.462 e. The van der Waals surface area contributed by atoms with E-state index in [0.717, 1.165) is 6.21 Å². The van der Waals surface area contributed by atoms with Gasteiger partial charge >= 0.3 is 12.0 Å². The molecule has 1 unspecified atom stereocenters. The first kappa shape index (κ1) is 16.6. The van der Waals surface area contributed by atoms with Gasteiger partial charge in [-0.3, -0.25) is 14.8 Å². The molecule has 1 aromatic carbocycles. The number of amides is 3. The monoisotopic (exact) mass is 339 g/mol. The molecule has 1 atom stereocenters. The van der Waals surface area contributed by atoms with Crippen molar-refractivity contribution in [1.82, 2.24) is 5.32 Å². The van der Waals surface area contributed by atoms with Gasteiger partial charge in [-0.15, -0.1) is 0 Å². The van der Waals surface area contributed by atoms with Crippen LogP contribution in [-0.2, 0) is 19.6 Å². The second kappa shape index (κ2) is 6.57. The van der Waals surface area contributed by atoms with Gasteiger partial charge in [-0.2, -0.15) is 0 Å². The molecule has 9 nitrogen and oxygen atoms in total. The van der Waals surface area contributed by atoms with Crippen LogP contribution in [-0.4, -0.2) is 44.4 Å². The number of hydrogen-bond donors (Lipinski definition) is 2. The van der Waals surface area contributed by atoms with Crippen molar-refractivity contribution in [3.05, 3.63) is 29.8 Å². The van der Waals surface area contributed by atoms with Gasteiger partial charge in [0.2, 0.25) is 10.0 Å². The highest BCUT2D eigenvalue weighted by Crippen LogP contribution is 2.15. The van der Waals surface area contributed by atoms with Crippen LogP contribution in [0.3, 0.4) is 0 Å². The van der Waals surface area contributed by atoms with E-state index in [-0.39, 0.29) is 17.9 Å². The van der Waals surface area contributed by atoms with E-state index in [4.69, 9.17) is 4.74 Å². The van der Waals surface area contributed by atoms with Crippen molar-refractivity contribution < 1.29 is 27.5 Å². The maximum atomic E-state index is 12.2. The van der Waals surface area contributed by atoms with E-state index in [1.54, 1.807) is 12.2 Å². The number of esters is 1. The molecule has 1 aromatic rings. The quantitative estimate of drug-likeness (QED) is 0.742. The third-order valence-corrected chi connectivity index (χ3v) is 4.31. The molecule has 0 bridgehead atoms. The van der Waals surface area contributed by atoms with Gasteiger partial charge in [0.1, 0.15) is 0 Å². The molecule has 1 heterocycles. The zero-order valence-corrected chi connectivity index (χ0v) is 12.8. The molecular formula is C13H13N3O6S. The Morgan fingerprint density at radius 1 is 1.39 bits per heavy atom. The summed E-state index contributed by atoms with van der Waals surface area (Å²) in [5.41, 5.74) is 0.234. The van der Waals surface area contributed by atoms with Gasteiger partial charge in [-0.1, -0.05) is 6.07 Å². The molecule has 0 saturated heterocycles. The summed E-state index contributed by atoms with van der Waals surface area (Å²) in [4.78, 5) is 37.4. The number of sulfonamides is 1. The lowest BCUT2D eigenvalue weighted by atomic mass is 10.2. The summed E-state index contributed by atoms with van der Waals surface area (Å²) in [5, 5.41) is 0.152. The molecule has 10 heteroatoms. The first-order valence-corrected chi connectivity index (χ1v) is 8.06. The van der Waals surface area contributed by atoms with E-state index in [0.29, 0.717) is 0 Å². The molecule has 1 aliphatic rings. The summed E-state index contributed by atoms with van der Waals surface area (Å²) in [6, 6.07) is 4.68. The molecule has 0 spiro atoms. The Bertz CT molecular complexity index is 787. The number of nitrogens with one attached hydrogen (secondary N) is 2. The summed E-state index contributed by atoms with van der Waals surface area (Å²) in [7, 11) is -4.18. The minimum absolute atomic E-state index is 0.0775. The van der Waals surface area contributed by atoms with Crippen molar-refractivity contribution in [3.8, 4) is 0 Å². The molecular weight excluding hydrogens is 326 g/mol. The molecule has 0 fully saturated rings. The molecule has 122 valence electrons. The van der Waals surface area contributed by atoms with Gasteiger partial charge in [0.25, 0.3) is 5.91 Å². The van der Waals surface area contributed by atoms with Crippen LogP contribution in [0.15, 0.2) is 29.3 Å². The van der Waals surface area contributed by atoms with Gasteiger partial charge in [-0.25, -0.2) is 23.0 Å². The number of rotatable bonds is 5. The number of anilines is 1. The maximum Gasteiger partial charge on any atom is 0.347 e. The minimum atomic E-state index is -4.18. The van der Waals surface area contributed by atoms with E-state index in [2.05, 4.69) is 9.71 Å². The first-order valence-electron chi connectivity index (χ1n) is 6.51. The summed E-state index contributed by atoms with van der Waals surface area (Å²) >= 11 is 0. The molecule has 0 aliphatic carbocycles. The third kappa shape index (κ3) is 3.92. The number of hydrogen-bond acceptors (Lipinski definition) is 6. The Morgan fingerprint density at radius 3 is 2.78 bits per heavy atom. The summed E-state index contributed by atoms with van der Waals surface area (Å²) in [6.07, 6.45) is 0.749. The second-order valence-electron chi connectivity index (χ2n) is 4.44. The fraction of sp³-hybridized carbons (Fsp3) is 0.231. The van der Waals surface area contributed by atoms with Crippen LogP contribution in [0.25, 0.3) is 0 Å². The highest BCUT2D eigenvalue weighted by Gasteiger charge is 2.35. The topological polar surface area (TPSA) is 131 Å². The van der Waals surface area contributed by atoms with Gasteiger partial charge in [0.05, 0.1) is 12.2 Å². The predicted molar refractivity (Wildman–Crippen MR) is 80.8 cm³/mol. The fourth-order valence-corrected chi connectivity index (χ4v) is 2.93. The van der Waals surface area contributed by atoms with E-state index in [1.807, 2.05) is 0 Å². The molecule has 3 amide bonds. The number of aliphatic imine (C=N–C) groups is 1. The number of benzene rings is 1. The van der Waals surface area contributed by atoms with Gasteiger partial charge < -0.3 is 4.74 Å². The lowest BCUT2D eigenvalue weighted by Gasteiger charge is -2.17. The number of carbonyl (C=O) groups is 3. The molecule has 1 aliphatic heterocycles. The molecule has 23 heavy (non-hydrogen) atoms. The Morgan fingerprint density at radius 2 is 2.13 bits per heavy atom. The number of ether oxygens (including phenoxy) is 1. The third-order valence-electron chi connectivity index (χ3n) is 2.78. The number of urea groups is 1. The van der Waals surface area contributed by atoms with Crippen molar-refractivity contribution in [1.29, 1.82) is 0 Å². The van der Waals surface area contributed by atoms with Crippen molar-refractivity contribution >= 4 is 39.8 Å². The first-order chi connectivity index (χ1) is 10.8. The SMILES string of the molecule is CCOC(=O)c1cccc(NS(=O)(=O)C2C=NC(=O)NC2=O)c1. The number of nitrogens with zero attached hydrogens (tertiary/aromatic N) is 1. The smallest absolute Gasteiger partial charge is 0.347 e. The van der Waals surface area contributed by atoms with Gasteiger partial charge in [0.15, 0.2) is 5.25 Å². The standard InChI is InChI=1S/C13H13N3O6S/c1-2-22-12(18)8-4-3-5-9(6-8)16-23(20,21)10-7-14-13(19)15-11(10)17/h3-7,10,16H,2H2,1H3,(H,15,17,19). The van der Waals surface area contributed by atoms with Crippen LogP contribution in [0.1, 0.15) is 17.3 Å². The normalized spacial score (nSPS) is 17.5. The van der Waals surface area contributed by atoms with Crippen LogP contribution < -0.4 is 10.0 Å². The summed E-state index contributed by atoms with van der Waals surface area (Å²) in [6.45, 7) is 1.83. The molecule has 0 radical (unpaired) electrons. The highest BCUT2D eigenvalue weighted by molar-refractivity contribution is 7.94. The van der Waals surface area contributed by atoms with Crippen LogP contribution in [0, 0.1) is 0 Å². The van der Waals surface area contributed by atoms with Crippen LogP contribution in [0.5, 0.6) is 0 Å². The number of carbonyl (C=O) groups excluding carboxylic acids is 3. The molecule has 2 rings (SSSR count). The van der Waals surface area contributed by atoms with Crippen LogP contribution >= 0.6 is 0 Å². The van der Waals surface area contributed by atoms with E-state index >= 15 is 0 Å². The average molecular weight is 339 g/mol. The van der Waals surface area contributed by atoms with Crippen molar-refractivity contribution in [2.75, 3.05) is 11.3 Å². The molecule has 2 N–H and O–H groups in total. The zero-order chi connectivity index (χ0) is 17.0. The highest BCUT2D eigenvalue weighted by atomic mass is 32.2. The summed E-state index contributed by atoms with van der Waals surface area (Å²) in [5.74, 6) is -1.60. The van der Waals surface area contributed by atoms with Crippen LogP contribution in [0.2, 0.25) is 0 Å². The lowest BCUT2D eigenvalue weighted by Crippen LogP contribution is -2.48. The van der Waals surface area contributed by atoms with Crippen LogP contribution in [0.4, 0.5) is 10.5 Å². The van der Waals surface area contributed by atoms with E-state index < -0.39 is 33.2 Å².